The Morgan fingerprint density at radius 1 is 1.07 bits per heavy atom. The molecule has 0 bridgehead atoms. The highest BCUT2D eigenvalue weighted by atomic mass is 79.9. The summed E-state index contributed by atoms with van der Waals surface area (Å²) in [7, 11) is 1.64. The Balaban J connectivity index is 2.59. The number of hydrogen-bond donors (Lipinski definition) is 0. The zero-order valence-corrected chi connectivity index (χ0v) is 11.2. The number of halogens is 2. The summed E-state index contributed by atoms with van der Waals surface area (Å²) in [6, 6.07) is 7.49. The van der Waals surface area contributed by atoms with Gasteiger partial charge in [-0.3, -0.25) is 0 Å². The fraction of sp³-hybridized carbons (Fsp3) is 0.400. The lowest BCUT2D eigenvalue weighted by atomic mass is 10.3. The van der Waals surface area contributed by atoms with Crippen molar-refractivity contribution in [3.05, 3.63) is 24.3 Å². The monoisotopic (exact) mass is 322 g/mol. The first-order valence-corrected chi connectivity index (χ1v) is 6.05. The lowest BCUT2D eigenvalue weighted by Crippen LogP contribution is -2.17. The summed E-state index contributed by atoms with van der Waals surface area (Å²) < 4.78 is 10.6. The van der Waals surface area contributed by atoms with E-state index in [9.17, 15) is 0 Å². The first kappa shape index (κ1) is 11.9. The van der Waals surface area contributed by atoms with Crippen molar-refractivity contribution in [1.82, 2.24) is 0 Å². The lowest BCUT2D eigenvalue weighted by molar-refractivity contribution is 0.296. The maximum absolute atomic E-state index is 5.59. The minimum Gasteiger partial charge on any atom is -0.497 e. The molecule has 0 saturated carbocycles. The predicted molar refractivity (Wildman–Crippen MR) is 64.7 cm³/mol. The summed E-state index contributed by atoms with van der Waals surface area (Å²) in [4.78, 5) is 0.254. The highest BCUT2D eigenvalue weighted by Gasteiger charge is 2.11. The quantitative estimate of drug-likeness (QED) is 0.788. The van der Waals surface area contributed by atoms with Crippen LogP contribution in [0.15, 0.2) is 24.3 Å². The molecule has 1 aromatic rings. The number of ether oxygens (including phenoxy) is 2. The van der Waals surface area contributed by atoms with Crippen molar-refractivity contribution in [2.75, 3.05) is 7.11 Å². The highest BCUT2D eigenvalue weighted by molar-refractivity contribution is 9.12. The van der Waals surface area contributed by atoms with Crippen LogP contribution < -0.4 is 9.47 Å². The summed E-state index contributed by atoms with van der Waals surface area (Å²) >= 11 is 6.84. The molecular weight excluding hydrogens is 312 g/mol. The zero-order valence-electron chi connectivity index (χ0n) is 8.04. The fourth-order valence-corrected chi connectivity index (χ4v) is 1.20. The van der Waals surface area contributed by atoms with Crippen molar-refractivity contribution in [2.45, 2.75) is 16.8 Å². The van der Waals surface area contributed by atoms with Gasteiger partial charge in [-0.25, -0.2) is 0 Å². The summed E-state index contributed by atoms with van der Waals surface area (Å²) in [5.74, 6) is 1.65. The predicted octanol–water partition coefficient (Wildman–Crippen LogP) is 3.58. The molecule has 1 aromatic carbocycles. The van der Waals surface area contributed by atoms with E-state index >= 15 is 0 Å². The Labute approximate surface area is 101 Å². The summed E-state index contributed by atoms with van der Waals surface area (Å²) in [6.45, 7) is 2.02. The third-order valence-corrected chi connectivity index (χ3v) is 3.84. The van der Waals surface area contributed by atoms with E-state index in [-0.39, 0.29) is 9.84 Å². The molecule has 2 nitrogen and oxygen atoms in total. The van der Waals surface area contributed by atoms with E-state index in [1.54, 1.807) is 7.11 Å². The van der Waals surface area contributed by atoms with Crippen molar-refractivity contribution in [3.8, 4) is 11.5 Å². The van der Waals surface area contributed by atoms with Crippen LogP contribution in [0.4, 0.5) is 0 Å². The van der Waals surface area contributed by atoms with Crippen LogP contribution in [0.1, 0.15) is 6.92 Å². The fourth-order valence-electron chi connectivity index (χ4n) is 0.878. The topological polar surface area (TPSA) is 18.5 Å². The van der Waals surface area contributed by atoms with Crippen molar-refractivity contribution in [3.63, 3.8) is 0 Å². The number of alkyl halides is 2. The lowest BCUT2D eigenvalue weighted by Gasteiger charge is -2.15. The zero-order chi connectivity index (χ0) is 10.6. The van der Waals surface area contributed by atoms with Gasteiger partial charge in [0.1, 0.15) is 11.5 Å². The number of hydrogen-bond acceptors (Lipinski definition) is 2. The second kappa shape index (κ2) is 5.61. The van der Waals surface area contributed by atoms with Crippen LogP contribution >= 0.6 is 31.9 Å². The van der Waals surface area contributed by atoms with Crippen LogP contribution in [0.25, 0.3) is 0 Å². The molecule has 0 fully saturated rings. The third-order valence-electron chi connectivity index (χ3n) is 1.67. The Bertz CT molecular complexity index is 272. The van der Waals surface area contributed by atoms with Gasteiger partial charge in [-0.05, 0) is 47.1 Å². The summed E-state index contributed by atoms with van der Waals surface area (Å²) in [5, 5.41) is -0.0316. The van der Waals surface area contributed by atoms with Crippen LogP contribution in [-0.4, -0.2) is 17.0 Å². The maximum atomic E-state index is 5.59. The van der Waals surface area contributed by atoms with E-state index in [2.05, 4.69) is 31.9 Å². The van der Waals surface area contributed by atoms with Gasteiger partial charge in [0.2, 0.25) is 0 Å². The SMILES string of the molecule is COc1ccc(O[C@H](Br)[C@H](C)Br)cc1. The molecule has 0 saturated heterocycles. The second-order valence-electron chi connectivity index (χ2n) is 2.82. The van der Waals surface area contributed by atoms with Gasteiger partial charge in [-0.15, -0.1) is 0 Å². The molecule has 78 valence electrons. The number of rotatable bonds is 4. The minimum atomic E-state index is -0.0316. The number of benzene rings is 1. The molecule has 0 amide bonds. The molecule has 0 aromatic heterocycles. The summed E-state index contributed by atoms with van der Waals surface area (Å²) in [6.07, 6.45) is 0. The van der Waals surface area contributed by atoms with Crippen molar-refractivity contribution >= 4 is 31.9 Å². The van der Waals surface area contributed by atoms with Crippen molar-refractivity contribution in [1.29, 1.82) is 0 Å². The van der Waals surface area contributed by atoms with Crippen LogP contribution in [0, 0.1) is 0 Å². The molecule has 0 N–H and O–H groups in total. The van der Waals surface area contributed by atoms with E-state index in [1.807, 2.05) is 31.2 Å². The van der Waals surface area contributed by atoms with Gasteiger partial charge in [0, 0.05) is 0 Å². The van der Waals surface area contributed by atoms with Gasteiger partial charge in [-0.2, -0.15) is 0 Å². The largest absolute Gasteiger partial charge is 0.497 e. The minimum absolute atomic E-state index is 0.0316. The van der Waals surface area contributed by atoms with Crippen LogP contribution in [0.3, 0.4) is 0 Å². The van der Waals surface area contributed by atoms with Gasteiger partial charge >= 0.3 is 0 Å². The second-order valence-corrected chi connectivity index (χ2v) is 5.17. The van der Waals surface area contributed by atoms with Gasteiger partial charge in [-0.1, -0.05) is 15.9 Å². The Morgan fingerprint density at radius 2 is 1.57 bits per heavy atom. The molecule has 0 heterocycles. The standard InChI is InChI=1S/C10H12Br2O2/c1-7(11)10(12)14-9-5-3-8(13-2)4-6-9/h3-7,10H,1-2H3/t7-,10-/m0/s1. The van der Waals surface area contributed by atoms with Crippen LogP contribution in [0.5, 0.6) is 11.5 Å². The Kier molecular flexibility index (Phi) is 4.75. The van der Waals surface area contributed by atoms with E-state index in [0.717, 1.165) is 11.5 Å². The van der Waals surface area contributed by atoms with Crippen molar-refractivity contribution < 1.29 is 9.47 Å². The Morgan fingerprint density at radius 3 is 2.00 bits per heavy atom. The molecule has 4 heteroatoms. The van der Waals surface area contributed by atoms with Gasteiger partial charge in [0.25, 0.3) is 0 Å². The maximum Gasteiger partial charge on any atom is 0.165 e. The average molecular weight is 324 g/mol. The van der Waals surface area contributed by atoms with Gasteiger partial charge < -0.3 is 9.47 Å². The molecule has 0 aliphatic rings. The van der Waals surface area contributed by atoms with E-state index in [0.29, 0.717) is 0 Å². The van der Waals surface area contributed by atoms with E-state index in [1.165, 1.54) is 0 Å². The smallest absolute Gasteiger partial charge is 0.165 e. The molecule has 0 radical (unpaired) electrons. The normalized spacial score (nSPS) is 14.6. The van der Waals surface area contributed by atoms with Gasteiger partial charge in [0.15, 0.2) is 5.01 Å². The average Bonchev–Trinajstić information content (AvgIpc) is 2.19. The first-order chi connectivity index (χ1) is 6.63. The van der Waals surface area contributed by atoms with E-state index < -0.39 is 0 Å². The molecular formula is C10H12Br2O2. The number of methoxy groups -OCH3 is 1. The molecule has 0 unspecified atom stereocenters. The molecule has 0 spiro atoms. The summed E-state index contributed by atoms with van der Waals surface area (Å²) in [5.41, 5.74) is 0. The molecule has 1 rings (SSSR count). The molecule has 0 aliphatic heterocycles. The third kappa shape index (κ3) is 3.50. The molecule has 14 heavy (non-hydrogen) atoms. The Hall–Kier alpha value is -0.220. The van der Waals surface area contributed by atoms with E-state index in [4.69, 9.17) is 9.47 Å². The van der Waals surface area contributed by atoms with Gasteiger partial charge in [0.05, 0.1) is 11.9 Å². The van der Waals surface area contributed by atoms with Crippen molar-refractivity contribution in [2.24, 2.45) is 0 Å². The first-order valence-electron chi connectivity index (χ1n) is 4.22. The van der Waals surface area contributed by atoms with Crippen LogP contribution in [-0.2, 0) is 0 Å². The molecule has 2 atom stereocenters. The molecule has 0 aliphatic carbocycles. The van der Waals surface area contributed by atoms with Crippen LogP contribution in [0.2, 0.25) is 0 Å². The highest BCUT2D eigenvalue weighted by Crippen LogP contribution is 2.22.